The van der Waals surface area contributed by atoms with Crippen LogP contribution in [0.25, 0.3) is 0 Å². The van der Waals surface area contributed by atoms with Crippen LogP contribution >= 0.6 is 15.9 Å². The van der Waals surface area contributed by atoms with Crippen LogP contribution in [0.1, 0.15) is 0 Å². The van der Waals surface area contributed by atoms with Crippen molar-refractivity contribution in [3.8, 4) is 0 Å². The summed E-state index contributed by atoms with van der Waals surface area (Å²) < 4.78 is 25.4. The van der Waals surface area contributed by atoms with Crippen LogP contribution < -0.4 is 5.32 Å². The quantitative estimate of drug-likeness (QED) is 0.678. The van der Waals surface area contributed by atoms with Crippen molar-refractivity contribution in [2.75, 3.05) is 11.5 Å². The van der Waals surface area contributed by atoms with Crippen LogP contribution in [0.15, 0.2) is 36.7 Å². The van der Waals surface area contributed by atoms with Gasteiger partial charge in [0.25, 0.3) is 0 Å². The second kappa shape index (κ2) is 6.69. The van der Waals surface area contributed by atoms with Crippen molar-refractivity contribution in [1.82, 2.24) is 4.98 Å². The zero-order valence-electron chi connectivity index (χ0n) is 8.68. The van der Waals surface area contributed by atoms with Gasteiger partial charge < -0.3 is 15.1 Å². The van der Waals surface area contributed by atoms with E-state index in [2.05, 4.69) is 14.6 Å². The molecule has 3 N–H and O–H groups in total. The molecule has 0 aliphatic heterocycles. The van der Waals surface area contributed by atoms with Gasteiger partial charge in [-0.25, -0.2) is 9.29 Å². The van der Waals surface area contributed by atoms with Crippen molar-refractivity contribution < 1.29 is 23.2 Å². The first-order chi connectivity index (χ1) is 7.99. The summed E-state index contributed by atoms with van der Waals surface area (Å²) in [6, 6.07) is 5.25. The Morgan fingerprint density at radius 1 is 1.59 bits per heavy atom. The summed E-state index contributed by atoms with van der Waals surface area (Å²) in [6.07, 6.45) is 3.96. The van der Waals surface area contributed by atoms with Crippen molar-refractivity contribution in [2.45, 2.75) is 0 Å². The Bertz CT molecular complexity index is 450. The fraction of sp³-hybridized carbons (Fsp3) is 0.125. The molecule has 2 unspecified atom stereocenters. The first-order valence-electron chi connectivity index (χ1n) is 4.56. The van der Waals surface area contributed by atoms with E-state index in [1.54, 1.807) is 24.4 Å². The molecule has 2 atom stereocenters. The molecule has 1 rings (SSSR count). The molecule has 0 saturated heterocycles. The van der Waals surface area contributed by atoms with E-state index < -0.39 is 15.9 Å². The predicted molar refractivity (Wildman–Crippen MR) is 64.0 cm³/mol. The number of hydrogen-bond donors (Lipinski definition) is 3. The highest BCUT2D eigenvalue weighted by Gasteiger charge is 2.19. The smallest absolute Gasteiger partial charge is 0.338 e. The lowest BCUT2D eigenvalue weighted by atomic mass is 10.5. The Morgan fingerprint density at radius 2 is 2.35 bits per heavy atom. The molecule has 0 amide bonds. The van der Waals surface area contributed by atoms with E-state index in [0.29, 0.717) is 5.82 Å². The predicted octanol–water partition coefficient (Wildman–Crippen LogP) is 1.59. The maximum atomic E-state index is 11.1. The van der Waals surface area contributed by atoms with Gasteiger partial charge in [-0.2, -0.15) is 0 Å². The van der Waals surface area contributed by atoms with Gasteiger partial charge >= 0.3 is 15.9 Å². The van der Waals surface area contributed by atoms with Crippen molar-refractivity contribution in [2.24, 2.45) is 0 Å². The third-order valence-corrected chi connectivity index (χ3v) is 4.01. The molecule has 0 aromatic carbocycles. The van der Waals surface area contributed by atoms with E-state index in [-0.39, 0.29) is 6.16 Å². The molecule has 0 spiro atoms. The van der Waals surface area contributed by atoms with Crippen molar-refractivity contribution >= 4 is 21.7 Å². The van der Waals surface area contributed by atoms with Gasteiger partial charge in [-0.1, -0.05) is 12.1 Å². The van der Waals surface area contributed by atoms with Gasteiger partial charge in [0.15, 0.2) is 0 Å². The Hall–Kier alpha value is -0.970. The number of aromatic nitrogens is 1. The van der Waals surface area contributed by atoms with Gasteiger partial charge in [-0.3, -0.25) is 9.13 Å². The van der Waals surface area contributed by atoms with Crippen LogP contribution in [-0.2, 0) is 13.4 Å². The van der Waals surface area contributed by atoms with Crippen LogP contribution in [0.2, 0.25) is 0 Å². The second-order valence-electron chi connectivity index (χ2n) is 2.94. The van der Waals surface area contributed by atoms with E-state index in [1.807, 2.05) is 0 Å². The van der Waals surface area contributed by atoms with Gasteiger partial charge in [0.05, 0.1) is 6.16 Å². The van der Waals surface area contributed by atoms with E-state index in [0.717, 1.165) is 0 Å². The molecule has 94 valence electrons. The fourth-order valence-electron chi connectivity index (χ4n) is 0.938. The molecule has 0 radical (unpaired) electrons. The zero-order chi connectivity index (χ0) is 12.7. The third kappa shape index (κ3) is 6.36. The summed E-state index contributed by atoms with van der Waals surface area (Å²) in [5, 5.41) is 2.76. The number of nitrogens with one attached hydrogen (secondary N) is 1. The van der Waals surface area contributed by atoms with Crippen LogP contribution in [0, 0.1) is 0 Å². The highest BCUT2D eigenvalue weighted by Crippen LogP contribution is 2.49. The Balaban J connectivity index is 2.41. The summed E-state index contributed by atoms with van der Waals surface area (Å²) in [7, 11) is -7.44. The number of anilines is 1. The molecule has 17 heavy (non-hydrogen) atoms. The number of allylic oxidation sites excluding steroid dienone is 1. The summed E-state index contributed by atoms with van der Waals surface area (Å²) in [4.78, 5) is 21.4. The Morgan fingerprint density at radius 3 is 2.94 bits per heavy atom. The second-order valence-corrected chi connectivity index (χ2v) is 5.84. The van der Waals surface area contributed by atoms with Gasteiger partial charge in [-0.15, -0.1) is 0 Å². The molecule has 0 fully saturated rings. The normalized spacial score (nSPS) is 16.6. The summed E-state index contributed by atoms with van der Waals surface area (Å²) in [6.45, 7) is 0. The summed E-state index contributed by atoms with van der Waals surface area (Å²) in [5.74, 6) is 0.577. The zero-order valence-corrected chi connectivity index (χ0v) is 10.6. The molecule has 1 heterocycles. The molecule has 0 aliphatic rings. The fourth-order valence-corrected chi connectivity index (χ4v) is 2.58. The largest absolute Gasteiger partial charge is 0.347 e. The van der Waals surface area contributed by atoms with Gasteiger partial charge in [-0.05, 0) is 18.3 Å². The SMILES string of the molecule is O=[PH](O)OP(=O)(O)CC=CNc1ccccn1. The highest BCUT2D eigenvalue weighted by atomic mass is 31.2. The maximum Gasteiger partial charge on any atom is 0.338 e. The molecule has 1 aromatic rings. The average Bonchev–Trinajstić information content (AvgIpc) is 2.24. The minimum Gasteiger partial charge on any atom is -0.347 e. The van der Waals surface area contributed by atoms with Gasteiger partial charge in [0.2, 0.25) is 0 Å². The van der Waals surface area contributed by atoms with Crippen molar-refractivity contribution in [1.29, 1.82) is 0 Å². The topological polar surface area (TPSA) is 109 Å². The standard InChI is InChI=1S/C8H12N2O5P2/c11-16(12)15-17(13,14)7-3-6-10-8-4-1-2-5-9-8/h1-6,16H,7H2,(H,9,10)(H,11,12)(H,13,14). The van der Waals surface area contributed by atoms with E-state index in [1.165, 1.54) is 12.3 Å². The Labute approximate surface area is 98.6 Å². The van der Waals surface area contributed by atoms with Crippen molar-refractivity contribution in [3.05, 3.63) is 36.7 Å². The van der Waals surface area contributed by atoms with Gasteiger partial charge in [0, 0.05) is 6.20 Å². The molecule has 0 saturated carbocycles. The van der Waals surface area contributed by atoms with Crippen LogP contribution in [-0.4, -0.2) is 20.9 Å². The van der Waals surface area contributed by atoms with E-state index in [4.69, 9.17) is 9.79 Å². The van der Waals surface area contributed by atoms with Crippen LogP contribution in [0.5, 0.6) is 0 Å². The monoisotopic (exact) mass is 278 g/mol. The first kappa shape index (κ1) is 14.1. The lowest BCUT2D eigenvalue weighted by molar-refractivity contribution is 0.353. The van der Waals surface area contributed by atoms with Gasteiger partial charge in [0.1, 0.15) is 5.82 Å². The number of hydrogen-bond acceptors (Lipinski definition) is 5. The number of rotatable bonds is 6. The van der Waals surface area contributed by atoms with E-state index in [9.17, 15) is 9.13 Å². The molecular weight excluding hydrogens is 266 g/mol. The third-order valence-electron chi connectivity index (χ3n) is 1.57. The average molecular weight is 278 g/mol. The highest BCUT2D eigenvalue weighted by molar-refractivity contribution is 7.59. The van der Waals surface area contributed by atoms with Crippen LogP contribution in [0.3, 0.4) is 0 Å². The summed E-state index contributed by atoms with van der Waals surface area (Å²) in [5.41, 5.74) is 0. The molecular formula is C8H12N2O5P2. The summed E-state index contributed by atoms with van der Waals surface area (Å²) >= 11 is 0. The molecule has 7 nitrogen and oxygen atoms in total. The molecule has 0 bridgehead atoms. The van der Waals surface area contributed by atoms with E-state index >= 15 is 0 Å². The minimum absolute atomic E-state index is 0.357. The molecule has 1 aromatic heterocycles. The molecule has 0 aliphatic carbocycles. The minimum atomic E-state index is -4.03. The number of nitrogens with zero attached hydrogens (tertiary/aromatic N) is 1. The maximum absolute atomic E-state index is 11.1. The first-order valence-corrected chi connectivity index (χ1v) is 7.59. The molecule has 9 heteroatoms. The van der Waals surface area contributed by atoms with Crippen molar-refractivity contribution in [3.63, 3.8) is 0 Å². The van der Waals surface area contributed by atoms with Crippen LogP contribution in [0.4, 0.5) is 5.82 Å². The lowest BCUT2D eigenvalue weighted by Gasteiger charge is -2.06. The lowest BCUT2D eigenvalue weighted by Crippen LogP contribution is -1.92. The number of pyridine rings is 1. The Kier molecular flexibility index (Phi) is 5.55.